The number of nitro benzene ring substituents is 1. The zero-order chi connectivity index (χ0) is 14.2. The molecule has 0 spiro atoms. The first kappa shape index (κ1) is 13.3. The molecular formula is C10H8F3N3O3. The minimum atomic E-state index is -4.66. The van der Waals surface area contributed by atoms with Crippen molar-refractivity contribution in [3.05, 3.63) is 34.1 Å². The Balaban J connectivity index is 2.69. The van der Waals surface area contributed by atoms with Gasteiger partial charge in [-0.05, 0) is 6.07 Å². The standard InChI is InChI=1S/C10H8F3N3O3/c1-19-5-15-8-3-2-6(16(17)18)4-7(8)14-9(15)10(11,12)13/h2-4H,5H2,1H3. The number of aromatic nitrogens is 2. The van der Waals surface area contributed by atoms with Crippen molar-refractivity contribution >= 4 is 16.7 Å². The van der Waals surface area contributed by atoms with Gasteiger partial charge in [-0.25, -0.2) is 4.98 Å². The minimum Gasteiger partial charge on any atom is -0.364 e. The molecule has 0 amide bonds. The second-order valence-corrected chi connectivity index (χ2v) is 3.71. The monoisotopic (exact) mass is 275 g/mol. The van der Waals surface area contributed by atoms with Crippen LogP contribution in [0, 0.1) is 10.1 Å². The molecule has 0 fully saturated rings. The highest BCUT2D eigenvalue weighted by atomic mass is 19.4. The number of nitro groups is 1. The molecule has 0 atom stereocenters. The summed E-state index contributed by atoms with van der Waals surface area (Å²) in [7, 11) is 1.25. The van der Waals surface area contributed by atoms with Gasteiger partial charge in [-0.15, -0.1) is 0 Å². The quantitative estimate of drug-likeness (QED) is 0.637. The fourth-order valence-electron chi connectivity index (χ4n) is 1.71. The number of alkyl halides is 3. The van der Waals surface area contributed by atoms with Gasteiger partial charge in [0.2, 0.25) is 5.82 Å². The Labute approximate surface area is 104 Å². The van der Waals surface area contributed by atoms with Crippen molar-refractivity contribution in [2.75, 3.05) is 7.11 Å². The van der Waals surface area contributed by atoms with Crippen LogP contribution < -0.4 is 0 Å². The van der Waals surface area contributed by atoms with E-state index in [4.69, 9.17) is 4.74 Å². The highest BCUT2D eigenvalue weighted by Gasteiger charge is 2.37. The van der Waals surface area contributed by atoms with E-state index in [1.165, 1.54) is 13.2 Å². The lowest BCUT2D eigenvalue weighted by molar-refractivity contribution is -0.384. The van der Waals surface area contributed by atoms with Crippen LogP contribution in [0.15, 0.2) is 18.2 Å². The van der Waals surface area contributed by atoms with Crippen molar-refractivity contribution in [3.8, 4) is 0 Å². The van der Waals surface area contributed by atoms with Gasteiger partial charge in [0, 0.05) is 19.2 Å². The second kappa shape index (κ2) is 4.50. The summed E-state index contributed by atoms with van der Waals surface area (Å²) >= 11 is 0. The maximum Gasteiger partial charge on any atom is 0.449 e. The number of fused-ring (bicyclic) bond motifs is 1. The number of nitrogens with zero attached hydrogens (tertiary/aromatic N) is 3. The molecule has 102 valence electrons. The molecule has 1 aromatic carbocycles. The number of rotatable bonds is 3. The maximum atomic E-state index is 12.8. The van der Waals surface area contributed by atoms with E-state index in [9.17, 15) is 23.3 Å². The van der Waals surface area contributed by atoms with E-state index in [2.05, 4.69) is 4.98 Å². The van der Waals surface area contributed by atoms with Crippen molar-refractivity contribution in [1.82, 2.24) is 9.55 Å². The van der Waals surface area contributed by atoms with Crippen LogP contribution in [0.1, 0.15) is 5.82 Å². The summed E-state index contributed by atoms with van der Waals surface area (Å²) in [5, 5.41) is 10.6. The third-order valence-electron chi connectivity index (χ3n) is 2.45. The Kier molecular flexibility index (Phi) is 3.14. The number of halogens is 3. The van der Waals surface area contributed by atoms with Crippen molar-refractivity contribution in [2.45, 2.75) is 12.9 Å². The smallest absolute Gasteiger partial charge is 0.364 e. The summed E-state index contributed by atoms with van der Waals surface area (Å²) in [6, 6.07) is 3.34. The van der Waals surface area contributed by atoms with Gasteiger partial charge in [0.15, 0.2) is 0 Å². The molecule has 0 aliphatic heterocycles. The van der Waals surface area contributed by atoms with Crippen molar-refractivity contribution in [1.29, 1.82) is 0 Å². The summed E-state index contributed by atoms with van der Waals surface area (Å²) < 4.78 is 43.9. The molecule has 19 heavy (non-hydrogen) atoms. The van der Waals surface area contributed by atoms with Gasteiger partial charge in [0.1, 0.15) is 6.73 Å². The predicted octanol–water partition coefficient (Wildman–Crippen LogP) is 2.57. The van der Waals surface area contributed by atoms with E-state index in [1.807, 2.05) is 0 Å². The number of hydrogen-bond donors (Lipinski definition) is 0. The minimum absolute atomic E-state index is 0.0985. The third-order valence-corrected chi connectivity index (χ3v) is 2.45. The van der Waals surface area contributed by atoms with Gasteiger partial charge >= 0.3 is 6.18 Å². The Morgan fingerprint density at radius 3 is 2.68 bits per heavy atom. The van der Waals surface area contributed by atoms with Crippen LogP contribution in [0.4, 0.5) is 18.9 Å². The zero-order valence-corrected chi connectivity index (χ0v) is 9.64. The Morgan fingerprint density at radius 1 is 1.47 bits per heavy atom. The third kappa shape index (κ3) is 2.36. The molecule has 1 aromatic heterocycles. The van der Waals surface area contributed by atoms with E-state index in [1.54, 1.807) is 0 Å². The first-order valence-electron chi connectivity index (χ1n) is 5.05. The first-order valence-corrected chi connectivity index (χ1v) is 5.05. The molecular weight excluding hydrogens is 267 g/mol. The number of ether oxygens (including phenoxy) is 1. The molecule has 1 heterocycles. The van der Waals surface area contributed by atoms with E-state index < -0.39 is 16.9 Å². The predicted molar refractivity (Wildman–Crippen MR) is 58.4 cm³/mol. The van der Waals surface area contributed by atoms with Crippen LogP contribution >= 0.6 is 0 Å². The molecule has 0 saturated carbocycles. The molecule has 6 nitrogen and oxygen atoms in total. The molecule has 0 N–H and O–H groups in total. The number of non-ortho nitro benzene ring substituents is 1. The van der Waals surface area contributed by atoms with Crippen molar-refractivity contribution in [2.24, 2.45) is 0 Å². The van der Waals surface area contributed by atoms with Crippen molar-refractivity contribution < 1.29 is 22.8 Å². The number of hydrogen-bond acceptors (Lipinski definition) is 4. The number of benzene rings is 1. The SMILES string of the molecule is COCn1c(C(F)(F)F)nc2cc([N+](=O)[O-])ccc21. The van der Waals surface area contributed by atoms with Crippen LogP contribution in [0.2, 0.25) is 0 Å². The van der Waals surface area contributed by atoms with Gasteiger partial charge < -0.3 is 4.74 Å². The maximum absolute atomic E-state index is 12.8. The fraction of sp³-hybridized carbons (Fsp3) is 0.300. The Bertz CT molecular complexity index is 636. The summed E-state index contributed by atoms with van der Waals surface area (Å²) in [6.45, 7) is -0.344. The number of methoxy groups -OCH3 is 1. The molecule has 0 unspecified atom stereocenters. The summed E-state index contributed by atoms with van der Waals surface area (Å²) in [4.78, 5) is 13.3. The molecule has 0 aliphatic rings. The normalized spacial score (nSPS) is 12.0. The van der Waals surface area contributed by atoms with Gasteiger partial charge in [0.25, 0.3) is 5.69 Å². The van der Waals surface area contributed by atoms with Crippen LogP contribution in [0.5, 0.6) is 0 Å². The van der Waals surface area contributed by atoms with Gasteiger partial charge in [-0.2, -0.15) is 13.2 Å². The first-order chi connectivity index (χ1) is 8.84. The Morgan fingerprint density at radius 2 is 2.16 bits per heavy atom. The number of imidazole rings is 1. The van der Waals surface area contributed by atoms with Crippen molar-refractivity contribution in [3.63, 3.8) is 0 Å². The average Bonchev–Trinajstić information content (AvgIpc) is 2.67. The molecule has 0 bridgehead atoms. The topological polar surface area (TPSA) is 70.2 Å². The zero-order valence-electron chi connectivity index (χ0n) is 9.64. The summed E-state index contributed by atoms with van der Waals surface area (Å²) in [5.74, 6) is -1.15. The van der Waals surface area contributed by atoms with E-state index in [0.29, 0.717) is 0 Å². The van der Waals surface area contributed by atoms with Gasteiger partial charge in [0.05, 0.1) is 16.0 Å². The highest BCUT2D eigenvalue weighted by Crippen LogP contribution is 2.32. The molecule has 9 heteroatoms. The summed E-state index contributed by atoms with van der Waals surface area (Å²) in [5.41, 5.74) is -0.290. The lowest BCUT2D eigenvalue weighted by Gasteiger charge is -2.09. The van der Waals surface area contributed by atoms with E-state index in [0.717, 1.165) is 16.7 Å². The molecule has 0 aliphatic carbocycles. The molecule has 2 aromatic rings. The summed E-state index contributed by atoms with van der Waals surface area (Å²) in [6.07, 6.45) is -4.66. The fourth-order valence-corrected chi connectivity index (χ4v) is 1.71. The van der Waals surface area contributed by atoms with Crippen LogP contribution in [0.3, 0.4) is 0 Å². The second-order valence-electron chi connectivity index (χ2n) is 3.71. The largest absolute Gasteiger partial charge is 0.449 e. The highest BCUT2D eigenvalue weighted by molar-refractivity contribution is 5.78. The molecule has 0 radical (unpaired) electrons. The average molecular weight is 275 g/mol. The molecule has 2 rings (SSSR count). The van der Waals surface area contributed by atoms with Gasteiger partial charge in [-0.1, -0.05) is 0 Å². The van der Waals surface area contributed by atoms with E-state index in [-0.39, 0.29) is 23.5 Å². The van der Waals surface area contributed by atoms with Crippen LogP contribution in [-0.2, 0) is 17.6 Å². The Hall–Kier alpha value is -2.16. The van der Waals surface area contributed by atoms with Crippen LogP contribution in [0.25, 0.3) is 11.0 Å². The van der Waals surface area contributed by atoms with E-state index >= 15 is 0 Å². The van der Waals surface area contributed by atoms with Gasteiger partial charge in [-0.3, -0.25) is 14.7 Å². The lowest BCUT2D eigenvalue weighted by atomic mass is 10.3. The van der Waals surface area contributed by atoms with Crippen LogP contribution in [-0.4, -0.2) is 21.6 Å². The molecule has 0 saturated heterocycles. The lowest BCUT2D eigenvalue weighted by Crippen LogP contribution is -2.15.